The molecule has 0 spiro atoms. The van der Waals surface area contributed by atoms with Gasteiger partial charge in [-0.05, 0) is 97.3 Å². The van der Waals surface area contributed by atoms with Gasteiger partial charge < -0.3 is 106 Å². The minimum Gasteiger partial charge on any atom is -0.394 e. The minimum absolute atomic E-state index is 0. The molecule has 0 bridgehead atoms. The second kappa shape index (κ2) is 48.7. The fourth-order valence-electron chi connectivity index (χ4n) is 11.2. The Kier molecular flexibility index (Phi) is 44.6. The number of aliphatic hydroxyl groups is 9. The van der Waals surface area contributed by atoms with Gasteiger partial charge in [-0.3, -0.25) is 33.6 Å². The summed E-state index contributed by atoms with van der Waals surface area (Å²) in [5, 5.41) is 105. The summed E-state index contributed by atoms with van der Waals surface area (Å²) in [7, 11) is 0. The quantitative estimate of drug-likeness (QED) is 0.0380. The molecule has 3 rings (SSSR count). The van der Waals surface area contributed by atoms with E-state index in [2.05, 4.69) is 26.6 Å². The van der Waals surface area contributed by atoms with E-state index in [9.17, 15) is 79.5 Å². The molecule has 0 aliphatic carbocycles. The first-order valence-electron chi connectivity index (χ1n) is 33.8. The molecule has 0 radical (unpaired) electrons. The zero-order valence-corrected chi connectivity index (χ0v) is 55.2. The number of Topliss-reactive ketones (excluding diaryl/α,β-unsaturated/α-hetero) is 2. The molecule has 0 aromatic carbocycles. The average Bonchev–Trinajstić information content (AvgIpc) is 0.943. The molecule has 93 heavy (non-hydrogen) atoms. The highest BCUT2D eigenvalue weighted by Crippen LogP contribution is 2.29. The van der Waals surface area contributed by atoms with Gasteiger partial charge in [-0.25, -0.2) is 0 Å². The van der Waals surface area contributed by atoms with E-state index < -0.39 is 129 Å². The lowest BCUT2D eigenvalue weighted by molar-refractivity contribution is -0.282. The van der Waals surface area contributed by atoms with Crippen LogP contribution in [0.3, 0.4) is 0 Å². The first-order chi connectivity index (χ1) is 44.0. The van der Waals surface area contributed by atoms with Crippen LogP contribution in [0.2, 0.25) is 0 Å². The average molecular weight is 1340 g/mol. The summed E-state index contributed by atoms with van der Waals surface area (Å²) in [6.45, 7) is 8.91. The molecule has 5 amide bonds. The number of hydrogen-bond donors (Lipinski definition) is 14. The van der Waals surface area contributed by atoms with Crippen molar-refractivity contribution >= 4 is 41.1 Å². The molecule has 3 aliphatic heterocycles. The first-order valence-corrected chi connectivity index (χ1v) is 33.8. The molecule has 542 valence electrons. The molecule has 17 atom stereocenters. The fourth-order valence-corrected chi connectivity index (χ4v) is 11.2. The van der Waals surface area contributed by atoms with E-state index in [-0.39, 0.29) is 94.0 Å². The highest BCUT2D eigenvalue weighted by atomic mass is 16.7. The Bertz CT molecular complexity index is 2100. The lowest BCUT2D eigenvalue weighted by Gasteiger charge is -2.42. The summed E-state index contributed by atoms with van der Waals surface area (Å²) in [5.41, 5.74) is 0. The SMILES string of the molecule is C.CC(=O)NC1[C@H](OCCCCCC(=O)NCCCCC(CC(=O)C(CCCCNC(=O)CCCCCO[C@@H]2OC(CO)[C@H](O)[C@H](O)C2C)NC(=O)CCCCCO[C@@H]2OC(CO)[C@H](O)[C@H](O)C2C)C(=O)NCCCCCC(=O)CCOC(C)C)OC(CO)[C@H](O)[C@@H]1O. The van der Waals surface area contributed by atoms with Crippen molar-refractivity contribution in [2.75, 3.05) is 65.9 Å². The van der Waals surface area contributed by atoms with Gasteiger partial charge in [-0.1, -0.05) is 53.4 Å². The number of aliphatic hydroxyl groups excluding tert-OH is 9. The summed E-state index contributed by atoms with van der Waals surface area (Å²) < 4.78 is 39.7. The van der Waals surface area contributed by atoms with E-state index >= 15 is 0 Å². The van der Waals surface area contributed by atoms with Crippen LogP contribution in [0.5, 0.6) is 0 Å². The predicted molar refractivity (Wildman–Crippen MR) is 340 cm³/mol. The van der Waals surface area contributed by atoms with Crippen LogP contribution in [-0.2, 0) is 66.7 Å². The summed E-state index contributed by atoms with van der Waals surface area (Å²) in [6, 6.07) is -2.00. The van der Waals surface area contributed by atoms with Crippen LogP contribution in [0, 0.1) is 17.8 Å². The maximum absolute atomic E-state index is 14.4. The van der Waals surface area contributed by atoms with Crippen molar-refractivity contribution < 1.29 is 113 Å². The van der Waals surface area contributed by atoms with Crippen LogP contribution in [0.1, 0.15) is 196 Å². The van der Waals surface area contributed by atoms with Gasteiger partial charge in [0.05, 0.1) is 50.8 Å². The lowest BCUT2D eigenvalue weighted by atomic mass is 9.91. The molecule has 28 heteroatoms. The van der Waals surface area contributed by atoms with E-state index in [1.807, 2.05) is 13.8 Å². The summed E-state index contributed by atoms with van der Waals surface area (Å²) in [4.78, 5) is 91.6. The molecular weight excluding hydrogens is 1220 g/mol. The van der Waals surface area contributed by atoms with E-state index in [0.29, 0.717) is 155 Å². The Morgan fingerprint density at radius 3 is 1.37 bits per heavy atom. The van der Waals surface area contributed by atoms with Crippen molar-refractivity contribution in [3.63, 3.8) is 0 Å². The van der Waals surface area contributed by atoms with Crippen LogP contribution in [0.4, 0.5) is 0 Å². The first kappa shape index (κ1) is 85.1. The minimum atomic E-state index is -1.43. The van der Waals surface area contributed by atoms with Crippen LogP contribution in [-0.4, -0.2) is 245 Å². The Labute approximate surface area is 550 Å². The summed E-state index contributed by atoms with van der Waals surface area (Å²) >= 11 is 0. The van der Waals surface area contributed by atoms with Crippen molar-refractivity contribution in [2.24, 2.45) is 17.8 Å². The Hall–Kier alpha value is -3.95. The largest absolute Gasteiger partial charge is 0.394 e. The van der Waals surface area contributed by atoms with Gasteiger partial charge in [0.15, 0.2) is 24.7 Å². The number of amides is 5. The van der Waals surface area contributed by atoms with Crippen molar-refractivity contribution in [1.82, 2.24) is 26.6 Å². The van der Waals surface area contributed by atoms with Crippen LogP contribution in [0.15, 0.2) is 0 Å². The second-order valence-electron chi connectivity index (χ2n) is 25.1. The third-order valence-corrected chi connectivity index (χ3v) is 17.0. The molecule has 8 unspecified atom stereocenters. The number of rotatable bonds is 50. The van der Waals surface area contributed by atoms with Gasteiger partial charge in [-0.2, -0.15) is 0 Å². The van der Waals surface area contributed by atoms with Gasteiger partial charge >= 0.3 is 0 Å². The lowest BCUT2D eigenvalue weighted by Crippen LogP contribution is -2.64. The number of carbonyl (C=O) groups is 7. The summed E-state index contributed by atoms with van der Waals surface area (Å²) in [6.07, 6.45) is -2.70. The zero-order chi connectivity index (χ0) is 68.0. The molecule has 0 aromatic heterocycles. The molecule has 3 fully saturated rings. The normalized spacial score (nSPS) is 26.9. The molecule has 3 heterocycles. The topological polar surface area (TPSA) is 426 Å². The predicted octanol–water partition coefficient (Wildman–Crippen LogP) is 1.14. The van der Waals surface area contributed by atoms with Gasteiger partial charge in [-0.15, -0.1) is 0 Å². The molecule has 28 nitrogen and oxygen atoms in total. The number of unbranched alkanes of at least 4 members (excludes halogenated alkanes) is 10. The molecular formula is C65H119N5O23. The Balaban J connectivity index is 0.0000295. The smallest absolute Gasteiger partial charge is 0.223 e. The van der Waals surface area contributed by atoms with Gasteiger partial charge in [0.2, 0.25) is 29.5 Å². The van der Waals surface area contributed by atoms with Gasteiger partial charge in [0, 0.05) is 103 Å². The standard InChI is InChI=1S/C64H115N5O23.CH4/c1-40(2)86-35-28-45(74)23-10-6-16-31-67-61(85)44(22-14-17-29-65-51(76)26-12-8-21-34-89-64-54(68-43(5)73)60(84)59(83)50(39-72)92-64)36-47(75)46(69-53(78)27-13-9-20-33-88-63-42(4)56(80)58(82)49(38-71)91-63)24-15-18-30-66-52(77)25-11-7-19-32-87-62-41(3)55(79)57(81)48(37-70)90-62;/h40-42,44,46,48-50,54-60,62-64,70-72,79-84H,6-39H2,1-5H3,(H,65,76)(H,66,77)(H,67,85)(H,68,73)(H,69,78);1H4/t41?,42?,44?,46?,48?,49?,50?,54?,55-,56-,57+,58+,59+,60-,62-,63-,64-;/m1./s1. The molecule has 0 saturated carbocycles. The highest BCUT2D eigenvalue weighted by molar-refractivity contribution is 5.92. The fraction of sp³-hybridized carbons (Fsp3) is 0.892. The highest BCUT2D eigenvalue weighted by Gasteiger charge is 2.46. The van der Waals surface area contributed by atoms with Crippen molar-refractivity contribution in [3.8, 4) is 0 Å². The molecule has 0 aromatic rings. The van der Waals surface area contributed by atoms with E-state index in [1.54, 1.807) is 13.8 Å². The molecule has 3 aliphatic rings. The van der Waals surface area contributed by atoms with E-state index in [0.717, 1.165) is 0 Å². The number of hydrogen-bond acceptors (Lipinski definition) is 23. The monoisotopic (exact) mass is 1340 g/mol. The van der Waals surface area contributed by atoms with Crippen molar-refractivity contribution in [1.29, 1.82) is 0 Å². The van der Waals surface area contributed by atoms with Gasteiger partial charge in [0.25, 0.3) is 0 Å². The zero-order valence-electron chi connectivity index (χ0n) is 55.2. The molecule has 14 N–H and O–H groups in total. The molecule has 3 saturated heterocycles. The number of ketones is 2. The number of carbonyl (C=O) groups excluding carboxylic acids is 7. The second-order valence-corrected chi connectivity index (χ2v) is 25.1. The van der Waals surface area contributed by atoms with Crippen molar-refractivity contribution in [2.45, 2.75) is 288 Å². The Morgan fingerprint density at radius 2 is 0.882 bits per heavy atom. The van der Waals surface area contributed by atoms with E-state index in [1.165, 1.54) is 6.92 Å². The summed E-state index contributed by atoms with van der Waals surface area (Å²) in [5.74, 6) is -3.53. The van der Waals surface area contributed by atoms with Crippen LogP contribution < -0.4 is 26.6 Å². The maximum Gasteiger partial charge on any atom is 0.223 e. The van der Waals surface area contributed by atoms with E-state index in [4.69, 9.17) is 33.2 Å². The van der Waals surface area contributed by atoms with Crippen LogP contribution in [0.25, 0.3) is 0 Å². The number of ether oxygens (including phenoxy) is 7. The number of nitrogens with one attached hydrogen (secondary N) is 5. The van der Waals surface area contributed by atoms with Gasteiger partial charge in [0.1, 0.15) is 54.6 Å². The van der Waals surface area contributed by atoms with Crippen LogP contribution >= 0.6 is 0 Å². The Morgan fingerprint density at radius 1 is 0.462 bits per heavy atom. The van der Waals surface area contributed by atoms with Crippen molar-refractivity contribution in [3.05, 3.63) is 0 Å². The maximum atomic E-state index is 14.4. The third kappa shape index (κ3) is 33.2. The third-order valence-electron chi connectivity index (χ3n) is 17.0.